The van der Waals surface area contributed by atoms with Crippen LogP contribution < -0.4 is 15.4 Å². The van der Waals surface area contributed by atoms with Crippen molar-refractivity contribution in [3.05, 3.63) is 83.2 Å². The molecule has 0 radical (unpaired) electrons. The SMILES string of the molecule is CCc1cccc(C)c1NC(=O)c1cncc(NCc2ccc(OC)cc2)c1. The second-order valence-electron chi connectivity index (χ2n) is 6.58. The standard InChI is InChI=1S/C23H25N3O2/c1-4-18-7-5-6-16(2)22(18)26-23(27)19-12-20(15-24-14-19)25-13-17-8-10-21(28-3)11-9-17/h5-12,14-15,25H,4,13H2,1-3H3,(H,26,27). The second-order valence-corrected chi connectivity index (χ2v) is 6.58. The van der Waals surface area contributed by atoms with E-state index >= 15 is 0 Å². The molecule has 1 heterocycles. The summed E-state index contributed by atoms with van der Waals surface area (Å²) in [5, 5.41) is 6.35. The number of benzene rings is 2. The van der Waals surface area contributed by atoms with Gasteiger partial charge in [0, 0.05) is 24.6 Å². The molecular formula is C23H25N3O2. The Morgan fingerprint density at radius 1 is 1.11 bits per heavy atom. The van der Waals surface area contributed by atoms with Crippen molar-refractivity contribution in [3.63, 3.8) is 0 Å². The first kappa shape index (κ1) is 19.4. The van der Waals surface area contributed by atoms with Gasteiger partial charge in [0.1, 0.15) is 5.75 Å². The molecule has 0 spiro atoms. The molecule has 1 amide bonds. The zero-order chi connectivity index (χ0) is 19.9. The lowest BCUT2D eigenvalue weighted by molar-refractivity contribution is 0.102. The molecule has 0 aliphatic rings. The Balaban J connectivity index is 1.69. The molecule has 0 saturated carbocycles. The Bertz CT molecular complexity index is 952. The van der Waals surface area contributed by atoms with Gasteiger partial charge in [-0.2, -0.15) is 0 Å². The van der Waals surface area contributed by atoms with E-state index in [9.17, 15) is 4.79 Å². The van der Waals surface area contributed by atoms with Crippen LogP contribution in [0.3, 0.4) is 0 Å². The van der Waals surface area contributed by atoms with Gasteiger partial charge in [0.2, 0.25) is 0 Å². The molecule has 0 aliphatic heterocycles. The van der Waals surface area contributed by atoms with Crippen LogP contribution in [0.25, 0.3) is 0 Å². The summed E-state index contributed by atoms with van der Waals surface area (Å²) < 4.78 is 5.17. The summed E-state index contributed by atoms with van der Waals surface area (Å²) in [4.78, 5) is 16.9. The Kier molecular flexibility index (Phi) is 6.27. The van der Waals surface area contributed by atoms with Crippen LogP contribution in [0.2, 0.25) is 0 Å². The van der Waals surface area contributed by atoms with Gasteiger partial charge in [0.25, 0.3) is 5.91 Å². The first-order chi connectivity index (χ1) is 13.6. The van der Waals surface area contributed by atoms with E-state index < -0.39 is 0 Å². The van der Waals surface area contributed by atoms with E-state index in [4.69, 9.17) is 4.74 Å². The molecule has 5 heteroatoms. The van der Waals surface area contributed by atoms with Crippen molar-refractivity contribution in [1.82, 2.24) is 4.98 Å². The van der Waals surface area contributed by atoms with E-state index in [2.05, 4.69) is 22.5 Å². The monoisotopic (exact) mass is 375 g/mol. The highest BCUT2D eigenvalue weighted by Crippen LogP contribution is 2.22. The van der Waals surface area contributed by atoms with Crippen LogP contribution in [0.1, 0.15) is 34.0 Å². The number of carbonyl (C=O) groups excluding carboxylic acids is 1. The quantitative estimate of drug-likeness (QED) is 0.621. The number of hydrogen-bond donors (Lipinski definition) is 2. The number of aryl methyl sites for hydroxylation is 2. The molecule has 0 bridgehead atoms. The Morgan fingerprint density at radius 3 is 2.61 bits per heavy atom. The average molecular weight is 375 g/mol. The summed E-state index contributed by atoms with van der Waals surface area (Å²) in [6, 6.07) is 15.7. The molecule has 3 rings (SSSR count). The highest BCUT2D eigenvalue weighted by Gasteiger charge is 2.11. The van der Waals surface area contributed by atoms with Crippen LogP contribution in [0, 0.1) is 6.92 Å². The third-order valence-electron chi connectivity index (χ3n) is 4.63. The topological polar surface area (TPSA) is 63.2 Å². The molecule has 0 unspecified atom stereocenters. The molecule has 1 aromatic heterocycles. The number of rotatable bonds is 7. The summed E-state index contributed by atoms with van der Waals surface area (Å²) in [6.45, 7) is 4.71. The zero-order valence-electron chi connectivity index (χ0n) is 16.5. The molecule has 0 fully saturated rings. The summed E-state index contributed by atoms with van der Waals surface area (Å²) in [6.07, 6.45) is 4.16. The number of methoxy groups -OCH3 is 1. The third kappa shape index (κ3) is 4.68. The van der Waals surface area contributed by atoms with Gasteiger partial charge in [0.15, 0.2) is 0 Å². The summed E-state index contributed by atoms with van der Waals surface area (Å²) >= 11 is 0. The van der Waals surface area contributed by atoms with E-state index in [0.29, 0.717) is 12.1 Å². The molecule has 0 atom stereocenters. The molecule has 144 valence electrons. The number of anilines is 2. The normalized spacial score (nSPS) is 10.4. The molecular weight excluding hydrogens is 350 g/mol. The van der Waals surface area contributed by atoms with Crippen molar-refractivity contribution in [3.8, 4) is 5.75 Å². The van der Waals surface area contributed by atoms with Crippen LogP contribution >= 0.6 is 0 Å². The van der Waals surface area contributed by atoms with Crippen LogP contribution in [0.15, 0.2) is 60.9 Å². The fourth-order valence-corrected chi connectivity index (χ4v) is 3.00. The van der Waals surface area contributed by atoms with Gasteiger partial charge in [-0.15, -0.1) is 0 Å². The lowest BCUT2D eigenvalue weighted by Crippen LogP contribution is -2.15. The number of nitrogens with one attached hydrogen (secondary N) is 2. The minimum Gasteiger partial charge on any atom is -0.497 e. The number of pyridine rings is 1. The first-order valence-corrected chi connectivity index (χ1v) is 9.32. The van der Waals surface area contributed by atoms with Crippen LogP contribution in [0.5, 0.6) is 5.75 Å². The number of ether oxygens (including phenoxy) is 1. The van der Waals surface area contributed by atoms with Crippen molar-refractivity contribution in [2.45, 2.75) is 26.8 Å². The summed E-state index contributed by atoms with van der Waals surface area (Å²) in [7, 11) is 1.65. The smallest absolute Gasteiger partial charge is 0.257 e. The highest BCUT2D eigenvalue weighted by atomic mass is 16.5. The third-order valence-corrected chi connectivity index (χ3v) is 4.63. The fourth-order valence-electron chi connectivity index (χ4n) is 3.00. The van der Waals surface area contributed by atoms with E-state index in [-0.39, 0.29) is 5.91 Å². The van der Waals surface area contributed by atoms with Crippen LogP contribution in [0.4, 0.5) is 11.4 Å². The lowest BCUT2D eigenvalue weighted by Gasteiger charge is -2.13. The molecule has 3 aromatic rings. The number of para-hydroxylation sites is 1. The van der Waals surface area contributed by atoms with Crippen molar-refractivity contribution in [2.24, 2.45) is 0 Å². The van der Waals surface area contributed by atoms with Gasteiger partial charge < -0.3 is 15.4 Å². The van der Waals surface area contributed by atoms with Crippen LogP contribution in [-0.2, 0) is 13.0 Å². The maximum Gasteiger partial charge on any atom is 0.257 e. The molecule has 0 aliphatic carbocycles. The largest absolute Gasteiger partial charge is 0.497 e. The van der Waals surface area contributed by atoms with Gasteiger partial charge >= 0.3 is 0 Å². The number of hydrogen-bond acceptors (Lipinski definition) is 4. The Labute approximate surface area is 165 Å². The molecule has 2 N–H and O–H groups in total. The number of carbonyl (C=O) groups is 1. The van der Waals surface area contributed by atoms with Gasteiger partial charge in [-0.25, -0.2) is 0 Å². The van der Waals surface area contributed by atoms with Gasteiger partial charge in [0.05, 0.1) is 18.4 Å². The predicted octanol–water partition coefficient (Wildman–Crippen LogP) is 4.83. The van der Waals surface area contributed by atoms with Gasteiger partial charge in [-0.05, 0) is 48.2 Å². The maximum absolute atomic E-state index is 12.7. The number of aromatic nitrogens is 1. The molecule has 0 saturated heterocycles. The van der Waals surface area contributed by atoms with E-state index in [1.54, 1.807) is 19.5 Å². The molecule has 5 nitrogen and oxygen atoms in total. The molecule has 2 aromatic carbocycles. The van der Waals surface area contributed by atoms with Gasteiger partial charge in [-0.3, -0.25) is 9.78 Å². The minimum atomic E-state index is -0.162. The van der Waals surface area contributed by atoms with Crippen molar-refractivity contribution >= 4 is 17.3 Å². The lowest BCUT2D eigenvalue weighted by atomic mass is 10.1. The maximum atomic E-state index is 12.7. The predicted molar refractivity (Wildman–Crippen MR) is 113 cm³/mol. The summed E-state index contributed by atoms with van der Waals surface area (Å²) in [5.74, 6) is 0.663. The number of amides is 1. The van der Waals surface area contributed by atoms with Gasteiger partial charge in [-0.1, -0.05) is 37.3 Å². The Hall–Kier alpha value is -3.34. The van der Waals surface area contributed by atoms with Crippen molar-refractivity contribution in [1.29, 1.82) is 0 Å². The summed E-state index contributed by atoms with van der Waals surface area (Å²) in [5.41, 5.74) is 5.48. The fraction of sp³-hybridized carbons (Fsp3) is 0.217. The second kappa shape index (κ2) is 9.04. The zero-order valence-corrected chi connectivity index (χ0v) is 16.5. The van der Waals surface area contributed by atoms with E-state index in [1.807, 2.05) is 55.5 Å². The van der Waals surface area contributed by atoms with Crippen molar-refractivity contribution in [2.75, 3.05) is 17.7 Å². The average Bonchev–Trinajstić information content (AvgIpc) is 2.74. The van der Waals surface area contributed by atoms with E-state index in [0.717, 1.165) is 40.2 Å². The van der Waals surface area contributed by atoms with Crippen LogP contribution in [-0.4, -0.2) is 18.0 Å². The Morgan fingerprint density at radius 2 is 1.89 bits per heavy atom. The first-order valence-electron chi connectivity index (χ1n) is 9.32. The highest BCUT2D eigenvalue weighted by molar-refractivity contribution is 6.05. The van der Waals surface area contributed by atoms with Crippen molar-refractivity contribution < 1.29 is 9.53 Å². The van der Waals surface area contributed by atoms with E-state index in [1.165, 1.54) is 0 Å². The molecule has 28 heavy (non-hydrogen) atoms. The minimum absolute atomic E-state index is 0.162. The number of nitrogens with zero attached hydrogens (tertiary/aromatic N) is 1.